The van der Waals surface area contributed by atoms with Crippen LogP contribution in [0.5, 0.6) is 11.5 Å². The zero-order valence-corrected chi connectivity index (χ0v) is 13.2. The lowest BCUT2D eigenvalue weighted by Crippen LogP contribution is -2.50. The summed E-state index contributed by atoms with van der Waals surface area (Å²) in [5.74, 6) is 1.82. The number of hydrogen-bond acceptors (Lipinski definition) is 5. The van der Waals surface area contributed by atoms with Gasteiger partial charge >= 0.3 is 0 Å². The Morgan fingerprint density at radius 1 is 1.14 bits per heavy atom. The van der Waals surface area contributed by atoms with Crippen LogP contribution in [0.25, 0.3) is 10.9 Å². The van der Waals surface area contributed by atoms with Crippen molar-refractivity contribution in [1.82, 2.24) is 9.97 Å². The second-order valence-corrected chi connectivity index (χ2v) is 6.18. The third-order valence-corrected chi connectivity index (χ3v) is 4.38. The maximum atomic E-state index is 6.06. The molecule has 0 aliphatic carbocycles. The highest BCUT2D eigenvalue weighted by Gasteiger charge is 2.25. The largest absolute Gasteiger partial charge is 0.493 e. The highest BCUT2D eigenvalue weighted by Crippen LogP contribution is 2.33. The summed E-state index contributed by atoms with van der Waals surface area (Å²) in [6, 6.07) is 3.72. The topological polar surface area (TPSA) is 70.3 Å². The number of rotatable bonds is 4. The average Bonchev–Trinajstić information content (AvgIpc) is 2.53. The van der Waals surface area contributed by atoms with Crippen molar-refractivity contribution in [2.75, 3.05) is 39.7 Å². The number of methoxy groups -OCH3 is 1. The quantitative estimate of drug-likeness (QED) is 0.877. The van der Waals surface area contributed by atoms with Gasteiger partial charge < -0.3 is 15.2 Å². The Bertz CT molecular complexity index is 668. The van der Waals surface area contributed by atoms with Crippen molar-refractivity contribution < 1.29 is 14.0 Å². The van der Waals surface area contributed by atoms with E-state index in [-0.39, 0.29) is 0 Å². The monoisotopic (exact) mass is 303 g/mol. The van der Waals surface area contributed by atoms with E-state index in [0.717, 1.165) is 28.5 Å². The number of likely N-dealkylation sites (tertiary alicyclic amines) is 1. The lowest BCUT2D eigenvalue weighted by molar-refractivity contribution is -0.928. The minimum atomic E-state index is 0.449. The molecule has 22 heavy (non-hydrogen) atoms. The van der Waals surface area contributed by atoms with Crippen molar-refractivity contribution in [3.05, 3.63) is 18.5 Å². The Morgan fingerprint density at radius 2 is 1.91 bits per heavy atom. The van der Waals surface area contributed by atoms with Gasteiger partial charge in [0.1, 0.15) is 12.1 Å². The number of nitrogen functional groups attached to an aromatic ring is 1. The van der Waals surface area contributed by atoms with Gasteiger partial charge in [0.05, 0.1) is 32.8 Å². The molecule has 0 atom stereocenters. The molecule has 1 aliphatic rings. The lowest BCUT2D eigenvalue weighted by atomic mass is 10.1. The normalized spacial score (nSPS) is 17.4. The molecular formula is C16H23N4O2+. The van der Waals surface area contributed by atoms with Gasteiger partial charge in [-0.15, -0.1) is 0 Å². The summed E-state index contributed by atoms with van der Waals surface area (Å²) >= 11 is 0. The first-order chi connectivity index (χ1) is 10.6. The average molecular weight is 303 g/mol. The Hall–Kier alpha value is -2.08. The Labute approximate surface area is 130 Å². The van der Waals surface area contributed by atoms with Crippen molar-refractivity contribution in [1.29, 1.82) is 0 Å². The maximum Gasteiger partial charge on any atom is 0.224 e. The molecule has 0 radical (unpaired) electrons. The molecule has 0 bridgehead atoms. The van der Waals surface area contributed by atoms with E-state index in [2.05, 4.69) is 17.0 Å². The van der Waals surface area contributed by atoms with E-state index in [9.17, 15) is 0 Å². The van der Waals surface area contributed by atoms with Gasteiger partial charge in [0.25, 0.3) is 0 Å². The summed E-state index contributed by atoms with van der Waals surface area (Å²) in [7, 11) is 3.87. The molecular weight excluding hydrogens is 280 g/mol. The molecule has 1 fully saturated rings. The van der Waals surface area contributed by atoms with E-state index < -0.39 is 0 Å². The van der Waals surface area contributed by atoms with Gasteiger partial charge in [0, 0.05) is 11.5 Å². The number of quaternary nitrogens is 1. The van der Waals surface area contributed by atoms with Crippen molar-refractivity contribution in [3.63, 3.8) is 0 Å². The molecule has 1 saturated heterocycles. The van der Waals surface area contributed by atoms with Crippen LogP contribution in [-0.2, 0) is 0 Å². The molecule has 1 aromatic heterocycles. The van der Waals surface area contributed by atoms with Gasteiger partial charge in [-0.1, -0.05) is 0 Å². The van der Waals surface area contributed by atoms with Gasteiger partial charge in [0.2, 0.25) is 6.73 Å². The second-order valence-electron chi connectivity index (χ2n) is 6.18. The van der Waals surface area contributed by atoms with Crippen LogP contribution < -0.4 is 15.2 Å². The fourth-order valence-corrected chi connectivity index (χ4v) is 2.99. The van der Waals surface area contributed by atoms with Gasteiger partial charge in [-0.25, -0.2) is 9.97 Å². The Balaban J connectivity index is 1.86. The van der Waals surface area contributed by atoms with Crippen molar-refractivity contribution in [2.24, 2.45) is 0 Å². The van der Waals surface area contributed by atoms with Crippen LogP contribution in [0.1, 0.15) is 19.3 Å². The molecule has 0 unspecified atom stereocenters. The third-order valence-electron chi connectivity index (χ3n) is 4.38. The van der Waals surface area contributed by atoms with E-state index in [1.165, 1.54) is 25.6 Å². The second kappa shape index (κ2) is 5.96. The van der Waals surface area contributed by atoms with Gasteiger partial charge in [-0.05, 0) is 25.3 Å². The Kier molecular flexibility index (Phi) is 4.02. The van der Waals surface area contributed by atoms with Crippen molar-refractivity contribution in [3.8, 4) is 11.5 Å². The Morgan fingerprint density at radius 3 is 2.64 bits per heavy atom. The predicted octanol–water partition coefficient (Wildman–Crippen LogP) is 2.19. The number of fused-ring (bicyclic) bond motifs is 1. The summed E-state index contributed by atoms with van der Waals surface area (Å²) in [5.41, 5.74) is 6.66. The molecule has 0 spiro atoms. The number of aromatic nitrogens is 2. The fraction of sp³-hybridized carbons (Fsp3) is 0.500. The molecule has 0 amide bonds. The minimum Gasteiger partial charge on any atom is -0.493 e. The molecule has 1 aliphatic heterocycles. The third kappa shape index (κ3) is 2.92. The van der Waals surface area contributed by atoms with Gasteiger partial charge in [0.15, 0.2) is 11.5 Å². The number of ether oxygens (including phenoxy) is 2. The van der Waals surface area contributed by atoms with Gasteiger partial charge in [-0.3, -0.25) is 4.48 Å². The van der Waals surface area contributed by atoms with E-state index >= 15 is 0 Å². The number of piperidine rings is 1. The number of nitrogens with zero attached hydrogens (tertiary/aromatic N) is 3. The summed E-state index contributed by atoms with van der Waals surface area (Å²) in [6.07, 6.45) is 5.31. The lowest BCUT2D eigenvalue weighted by Gasteiger charge is -2.37. The van der Waals surface area contributed by atoms with Crippen LogP contribution in [0.2, 0.25) is 0 Å². The van der Waals surface area contributed by atoms with Gasteiger partial charge in [-0.2, -0.15) is 0 Å². The maximum absolute atomic E-state index is 6.06. The minimum absolute atomic E-state index is 0.449. The van der Waals surface area contributed by atoms with E-state index in [4.69, 9.17) is 15.2 Å². The summed E-state index contributed by atoms with van der Waals surface area (Å²) in [4.78, 5) is 8.27. The SMILES string of the molecule is COc1cc2c(N)ncnc2cc1OC[N+]1(C)CCCCC1. The van der Waals surface area contributed by atoms with Crippen LogP contribution in [0.15, 0.2) is 18.5 Å². The zero-order valence-electron chi connectivity index (χ0n) is 13.2. The molecule has 2 heterocycles. The van der Waals surface area contributed by atoms with Crippen LogP contribution in [0, 0.1) is 0 Å². The highest BCUT2D eigenvalue weighted by molar-refractivity contribution is 5.90. The molecule has 6 heteroatoms. The fourth-order valence-electron chi connectivity index (χ4n) is 2.99. The molecule has 1 aromatic carbocycles. The van der Waals surface area contributed by atoms with E-state index in [0.29, 0.717) is 24.0 Å². The van der Waals surface area contributed by atoms with Crippen LogP contribution >= 0.6 is 0 Å². The van der Waals surface area contributed by atoms with E-state index in [1.807, 2.05) is 12.1 Å². The van der Waals surface area contributed by atoms with Crippen LogP contribution in [-0.4, -0.2) is 48.4 Å². The first-order valence-electron chi connectivity index (χ1n) is 7.66. The number of hydrogen-bond donors (Lipinski definition) is 1. The van der Waals surface area contributed by atoms with Crippen LogP contribution in [0.4, 0.5) is 5.82 Å². The molecule has 118 valence electrons. The van der Waals surface area contributed by atoms with Crippen molar-refractivity contribution >= 4 is 16.7 Å². The van der Waals surface area contributed by atoms with E-state index in [1.54, 1.807) is 7.11 Å². The molecule has 0 saturated carbocycles. The summed E-state index contributed by atoms with van der Waals surface area (Å²) in [6.45, 7) is 2.96. The summed E-state index contributed by atoms with van der Waals surface area (Å²) in [5, 5.41) is 0.782. The first kappa shape index (κ1) is 14.8. The first-order valence-corrected chi connectivity index (χ1v) is 7.66. The summed E-state index contributed by atoms with van der Waals surface area (Å²) < 4.78 is 12.4. The van der Waals surface area contributed by atoms with Crippen molar-refractivity contribution in [2.45, 2.75) is 19.3 Å². The number of benzene rings is 1. The number of nitrogens with two attached hydrogens (primary N) is 1. The predicted molar refractivity (Wildman–Crippen MR) is 85.8 cm³/mol. The number of anilines is 1. The smallest absolute Gasteiger partial charge is 0.224 e. The zero-order chi connectivity index (χ0) is 15.6. The molecule has 2 aromatic rings. The molecule has 3 rings (SSSR count). The highest BCUT2D eigenvalue weighted by atomic mass is 16.5. The molecule has 6 nitrogen and oxygen atoms in total. The molecule has 2 N–H and O–H groups in total. The standard InChI is InChI=1S/C16H23N4O2/c1-20(6-4-3-5-7-20)11-22-15-9-13-12(8-14(15)21-2)16(17)19-10-18-13/h8-10H,3-7,11H2,1-2H3,(H2,17,18,19)/q+1. The van der Waals surface area contributed by atoms with Crippen LogP contribution in [0.3, 0.4) is 0 Å².